The Morgan fingerprint density at radius 1 is 1.14 bits per heavy atom. The molecule has 0 aliphatic carbocycles. The van der Waals surface area contributed by atoms with Gasteiger partial charge in [0.15, 0.2) is 0 Å². The van der Waals surface area contributed by atoms with E-state index >= 15 is 0 Å². The third-order valence-electron chi connectivity index (χ3n) is 0.624. The largest absolute Gasteiger partial charge is 0.137 e. The van der Waals surface area contributed by atoms with Crippen molar-refractivity contribution in [3.63, 3.8) is 0 Å². The van der Waals surface area contributed by atoms with Gasteiger partial charge in [0.05, 0.1) is 0 Å². The number of hydrogen-bond acceptors (Lipinski definition) is 2. The summed E-state index contributed by atoms with van der Waals surface area (Å²) in [5, 5.41) is 0. The van der Waals surface area contributed by atoms with Crippen LogP contribution in [0.2, 0.25) is 0 Å². The topological polar surface area (TPSA) is 0 Å². The normalized spacial score (nSPS) is 28.3. The van der Waals surface area contributed by atoms with Gasteiger partial charge in [-0.25, -0.2) is 0 Å². The molecule has 42 valence electrons. The Balaban J connectivity index is 2.40. The first-order valence-corrected chi connectivity index (χ1v) is 5.07. The molecule has 7 heavy (non-hydrogen) atoms. The van der Waals surface area contributed by atoms with Crippen LogP contribution < -0.4 is 0 Å². The van der Waals surface area contributed by atoms with Crippen LogP contribution in [0.5, 0.6) is 0 Å². The molecule has 0 aromatic carbocycles. The molecule has 1 fully saturated rings. The van der Waals surface area contributed by atoms with Crippen LogP contribution in [0.25, 0.3) is 0 Å². The summed E-state index contributed by atoms with van der Waals surface area (Å²) in [7, 11) is 3.47. The zero-order chi connectivity index (χ0) is 5.33. The minimum atomic E-state index is -0.435. The van der Waals surface area contributed by atoms with Gasteiger partial charge < -0.3 is 0 Å². The van der Waals surface area contributed by atoms with Crippen LogP contribution in [-0.4, -0.2) is 15.8 Å². The quantitative estimate of drug-likeness (QED) is 0.410. The number of alkyl halides is 2. The molecule has 0 atom stereocenters. The number of halogens is 2. The lowest BCUT2D eigenvalue weighted by molar-refractivity contribution is 1.05. The minimum Gasteiger partial charge on any atom is -0.0997 e. The molecule has 0 spiro atoms. The molecule has 1 aliphatic rings. The molecule has 0 aromatic rings. The average molecular weight is 175 g/mol. The van der Waals surface area contributed by atoms with Crippen molar-refractivity contribution < 1.29 is 0 Å². The third kappa shape index (κ3) is 1.92. The van der Waals surface area contributed by atoms with Crippen molar-refractivity contribution in [2.45, 2.75) is 4.33 Å². The summed E-state index contributed by atoms with van der Waals surface area (Å²) in [6, 6.07) is 0. The molecule has 0 unspecified atom stereocenters. The maximum Gasteiger partial charge on any atom is 0.137 e. The van der Waals surface area contributed by atoms with Gasteiger partial charge >= 0.3 is 0 Å². The van der Waals surface area contributed by atoms with Crippen LogP contribution in [0.15, 0.2) is 0 Å². The molecule has 0 saturated carbocycles. The first-order valence-electron chi connectivity index (χ1n) is 1.83. The summed E-state index contributed by atoms with van der Waals surface area (Å²) in [6.07, 6.45) is 0. The Bertz CT molecular complexity index is 65.3. The maximum absolute atomic E-state index is 5.69. The van der Waals surface area contributed by atoms with Crippen LogP contribution in [-0.2, 0) is 0 Å². The summed E-state index contributed by atoms with van der Waals surface area (Å²) >= 11 is 11.4. The molecule has 0 amide bonds. The Labute approximate surface area is 60.7 Å². The zero-order valence-corrected chi connectivity index (χ0v) is 6.63. The van der Waals surface area contributed by atoms with E-state index in [9.17, 15) is 0 Å². The Hall–Kier alpha value is 1.28. The van der Waals surface area contributed by atoms with E-state index in [0.717, 1.165) is 11.5 Å². The molecule has 0 bridgehead atoms. The van der Waals surface area contributed by atoms with Gasteiger partial charge in [0.25, 0.3) is 0 Å². The molecule has 0 N–H and O–H groups in total. The first kappa shape index (κ1) is 6.40. The van der Waals surface area contributed by atoms with E-state index < -0.39 is 4.33 Å². The van der Waals surface area contributed by atoms with E-state index in [1.807, 2.05) is 0 Å². The zero-order valence-electron chi connectivity index (χ0n) is 3.49. The van der Waals surface area contributed by atoms with E-state index in [2.05, 4.69) is 0 Å². The lowest BCUT2D eigenvalue weighted by atomic mass is 10.5. The number of rotatable bonds is 0. The summed E-state index contributed by atoms with van der Waals surface area (Å²) in [4.78, 5) is 0. The van der Waals surface area contributed by atoms with E-state index in [4.69, 9.17) is 23.2 Å². The molecule has 0 nitrogen and oxygen atoms in total. The standard InChI is InChI=1S/C3H4Cl2S2/c4-3(5)1-6-7-2-3/h1-2H2. The fraction of sp³-hybridized carbons (Fsp3) is 1.00. The summed E-state index contributed by atoms with van der Waals surface area (Å²) in [6.45, 7) is 0. The summed E-state index contributed by atoms with van der Waals surface area (Å²) < 4.78 is -0.435. The van der Waals surface area contributed by atoms with Crippen molar-refractivity contribution in [2.75, 3.05) is 11.5 Å². The van der Waals surface area contributed by atoms with E-state index in [1.54, 1.807) is 21.6 Å². The van der Waals surface area contributed by atoms with Gasteiger partial charge in [-0.1, -0.05) is 44.8 Å². The van der Waals surface area contributed by atoms with Crippen molar-refractivity contribution >= 4 is 44.8 Å². The molecule has 1 aliphatic heterocycles. The summed E-state index contributed by atoms with van der Waals surface area (Å²) in [5.74, 6) is 1.72. The minimum absolute atomic E-state index is 0.435. The smallest absolute Gasteiger partial charge is 0.0997 e. The van der Waals surface area contributed by atoms with Crippen molar-refractivity contribution in [2.24, 2.45) is 0 Å². The van der Waals surface area contributed by atoms with Crippen molar-refractivity contribution in [1.82, 2.24) is 0 Å². The van der Waals surface area contributed by atoms with Gasteiger partial charge in [0.2, 0.25) is 0 Å². The maximum atomic E-state index is 5.69. The Morgan fingerprint density at radius 3 is 1.71 bits per heavy atom. The van der Waals surface area contributed by atoms with Crippen molar-refractivity contribution in [3.8, 4) is 0 Å². The van der Waals surface area contributed by atoms with Crippen LogP contribution in [0.1, 0.15) is 0 Å². The van der Waals surface area contributed by atoms with Crippen LogP contribution >= 0.6 is 44.8 Å². The third-order valence-corrected chi connectivity index (χ3v) is 4.39. The fourth-order valence-corrected chi connectivity index (χ4v) is 4.28. The molecular weight excluding hydrogens is 171 g/mol. The van der Waals surface area contributed by atoms with Gasteiger partial charge in [-0.2, -0.15) is 0 Å². The van der Waals surface area contributed by atoms with E-state index in [-0.39, 0.29) is 0 Å². The average Bonchev–Trinajstić information content (AvgIpc) is 1.84. The lowest BCUT2D eigenvalue weighted by Gasteiger charge is -2.04. The Kier molecular flexibility index (Phi) is 2.06. The van der Waals surface area contributed by atoms with Crippen LogP contribution in [0.3, 0.4) is 0 Å². The van der Waals surface area contributed by atoms with Crippen LogP contribution in [0.4, 0.5) is 0 Å². The van der Waals surface area contributed by atoms with E-state index in [1.165, 1.54) is 0 Å². The SMILES string of the molecule is ClC1(Cl)CSSC1. The highest BCUT2D eigenvalue weighted by molar-refractivity contribution is 8.77. The molecule has 4 heteroatoms. The van der Waals surface area contributed by atoms with E-state index in [0.29, 0.717) is 0 Å². The summed E-state index contributed by atoms with van der Waals surface area (Å²) in [5.41, 5.74) is 0. The monoisotopic (exact) mass is 174 g/mol. The molecule has 1 heterocycles. The van der Waals surface area contributed by atoms with Crippen molar-refractivity contribution in [3.05, 3.63) is 0 Å². The lowest BCUT2D eigenvalue weighted by Crippen LogP contribution is -2.12. The second-order valence-corrected chi connectivity index (χ2v) is 5.48. The predicted octanol–water partition coefficient (Wildman–Crippen LogP) is 2.56. The highest BCUT2D eigenvalue weighted by Crippen LogP contribution is 2.43. The van der Waals surface area contributed by atoms with Gasteiger partial charge in [0.1, 0.15) is 4.33 Å². The second-order valence-electron chi connectivity index (χ2n) is 1.38. The van der Waals surface area contributed by atoms with Gasteiger partial charge in [-0.15, -0.1) is 0 Å². The highest BCUT2D eigenvalue weighted by Gasteiger charge is 2.29. The van der Waals surface area contributed by atoms with Gasteiger partial charge in [-0.3, -0.25) is 0 Å². The number of hydrogen-bond donors (Lipinski definition) is 0. The van der Waals surface area contributed by atoms with Crippen molar-refractivity contribution in [1.29, 1.82) is 0 Å². The Morgan fingerprint density at radius 2 is 1.57 bits per heavy atom. The molecule has 0 aromatic heterocycles. The molecular formula is C3H4Cl2S2. The van der Waals surface area contributed by atoms with Crippen LogP contribution in [0, 0.1) is 0 Å². The van der Waals surface area contributed by atoms with Gasteiger partial charge in [0, 0.05) is 11.5 Å². The fourth-order valence-electron chi connectivity index (χ4n) is 0.297. The highest BCUT2D eigenvalue weighted by atomic mass is 35.5. The molecule has 0 radical (unpaired) electrons. The second kappa shape index (κ2) is 2.26. The van der Waals surface area contributed by atoms with Gasteiger partial charge in [-0.05, 0) is 0 Å². The molecule has 1 rings (SSSR count). The first-order chi connectivity index (χ1) is 3.21. The molecule has 1 saturated heterocycles. The predicted molar refractivity (Wildman–Crippen MR) is 39.4 cm³/mol.